The van der Waals surface area contributed by atoms with Crippen LogP contribution in [0.3, 0.4) is 0 Å². The van der Waals surface area contributed by atoms with E-state index < -0.39 is 0 Å². The van der Waals surface area contributed by atoms with E-state index in [4.69, 9.17) is 10.2 Å². The Balaban J connectivity index is 2.50. The number of H-pyrrole nitrogens is 1. The van der Waals surface area contributed by atoms with E-state index in [-0.39, 0.29) is 6.01 Å². The van der Waals surface area contributed by atoms with Crippen LogP contribution in [0.25, 0.3) is 11.5 Å². The third-order valence-electron chi connectivity index (χ3n) is 1.89. The highest BCUT2D eigenvalue weighted by atomic mass is 16.4. The lowest BCUT2D eigenvalue weighted by atomic mass is 10.2. The van der Waals surface area contributed by atoms with E-state index in [1.54, 1.807) is 0 Å². The molecule has 0 unspecified atom stereocenters. The van der Waals surface area contributed by atoms with Crippen molar-refractivity contribution in [1.82, 2.24) is 9.97 Å². The number of nitrogens with zero attached hydrogens (tertiary/aromatic N) is 1. The fourth-order valence-electron chi connectivity index (χ4n) is 1.29. The summed E-state index contributed by atoms with van der Waals surface area (Å²) < 4.78 is 5.29. The first kappa shape index (κ1) is 7.91. The summed E-state index contributed by atoms with van der Waals surface area (Å²) in [5, 5.41) is 0. The van der Waals surface area contributed by atoms with Crippen LogP contribution in [-0.4, -0.2) is 9.97 Å². The largest absolute Gasteiger partial charge is 0.422 e. The molecule has 0 fully saturated rings. The fourth-order valence-corrected chi connectivity index (χ4v) is 1.29. The topological polar surface area (TPSA) is 67.8 Å². The van der Waals surface area contributed by atoms with E-state index in [1.165, 1.54) is 0 Å². The number of aromatic nitrogens is 2. The number of nitrogens with one attached hydrogen (secondary N) is 1. The van der Waals surface area contributed by atoms with E-state index in [9.17, 15) is 0 Å². The molecular formula is C9H11N3O. The van der Waals surface area contributed by atoms with Crippen molar-refractivity contribution >= 4 is 6.01 Å². The first-order chi connectivity index (χ1) is 6.31. The molecule has 3 N–H and O–H groups in total. The van der Waals surface area contributed by atoms with Crippen LogP contribution in [-0.2, 0) is 6.42 Å². The van der Waals surface area contributed by atoms with Gasteiger partial charge >= 0.3 is 0 Å². The molecule has 0 spiro atoms. The Morgan fingerprint density at radius 3 is 3.08 bits per heavy atom. The van der Waals surface area contributed by atoms with Gasteiger partial charge in [-0.15, -0.1) is 0 Å². The van der Waals surface area contributed by atoms with Gasteiger partial charge in [-0.05, 0) is 18.6 Å². The Morgan fingerprint density at radius 2 is 2.46 bits per heavy atom. The van der Waals surface area contributed by atoms with Crippen LogP contribution in [0.5, 0.6) is 0 Å². The second-order valence-corrected chi connectivity index (χ2v) is 2.77. The van der Waals surface area contributed by atoms with Crippen LogP contribution >= 0.6 is 0 Å². The van der Waals surface area contributed by atoms with Crippen molar-refractivity contribution in [3.63, 3.8) is 0 Å². The van der Waals surface area contributed by atoms with E-state index in [1.807, 2.05) is 25.3 Å². The summed E-state index contributed by atoms with van der Waals surface area (Å²) in [7, 11) is 0. The molecule has 0 radical (unpaired) electrons. The highest BCUT2D eigenvalue weighted by molar-refractivity contribution is 5.56. The molecule has 0 atom stereocenters. The molecule has 2 rings (SSSR count). The maximum atomic E-state index is 5.47. The van der Waals surface area contributed by atoms with Crippen molar-refractivity contribution in [2.75, 3.05) is 5.73 Å². The molecule has 0 saturated carbocycles. The molecular weight excluding hydrogens is 166 g/mol. The monoisotopic (exact) mass is 177 g/mol. The number of nitrogen functional groups attached to an aromatic ring is 1. The Bertz CT molecular complexity index is 389. The van der Waals surface area contributed by atoms with Crippen molar-refractivity contribution in [1.29, 1.82) is 0 Å². The Labute approximate surface area is 75.8 Å². The summed E-state index contributed by atoms with van der Waals surface area (Å²) >= 11 is 0. The second kappa shape index (κ2) is 2.97. The zero-order chi connectivity index (χ0) is 9.26. The van der Waals surface area contributed by atoms with Crippen LogP contribution in [0, 0.1) is 0 Å². The summed E-state index contributed by atoms with van der Waals surface area (Å²) in [6, 6.07) is 4.06. The molecule has 0 aliphatic carbocycles. The summed E-state index contributed by atoms with van der Waals surface area (Å²) in [5.41, 5.74) is 7.28. The first-order valence-corrected chi connectivity index (χ1v) is 4.20. The van der Waals surface area contributed by atoms with Crippen molar-refractivity contribution in [3.05, 3.63) is 24.0 Å². The minimum absolute atomic E-state index is 0.224. The maximum Gasteiger partial charge on any atom is 0.292 e. The number of oxazole rings is 1. The van der Waals surface area contributed by atoms with Crippen LogP contribution in [0.2, 0.25) is 0 Å². The number of aromatic amines is 1. The van der Waals surface area contributed by atoms with Gasteiger partial charge in [0.2, 0.25) is 0 Å². The highest BCUT2D eigenvalue weighted by Crippen LogP contribution is 2.24. The molecule has 0 saturated heterocycles. The average molecular weight is 177 g/mol. The third-order valence-corrected chi connectivity index (χ3v) is 1.89. The maximum absolute atomic E-state index is 5.47. The van der Waals surface area contributed by atoms with Gasteiger partial charge in [0.15, 0.2) is 5.76 Å². The van der Waals surface area contributed by atoms with Gasteiger partial charge in [0.1, 0.15) is 0 Å². The molecule has 2 aromatic rings. The summed E-state index contributed by atoms with van der Waals surface area (Å²) in [4.78, 5) is 7.13. The molecule has 0 aromatic carbocycles. The van der Waals surface area contributed by atoms with Gasteiger partial charge in [-0.1, -0.05) is 6.92 Å². The minimum atomic E-state index is 0.224. The predicted octanol–water partition coefficient (Wildman–Crippen LogP) is 1.81. The SMILES string of the molecule is CCc1nc(N)oc1-c1ccc[nH]1. The molecule has 2 heterocycles. The quantitative estimate of drug-likeness (QED) is 0.735. The molecule has 0 aliphatic rings. The average Bonchev–Trinajstić information content (AvgIpc) is 2.71. The van der Waals surface area contributed by atoms with E-state index in [0.717, 1.165) is 23.6 Å². The molecule has 0 amide bonds. The zero-order valence-electron chi connectivity index (χ0n) is 7.37. The first-order valence-electron chi connectivity index (χ1n) is 4.20. The predicted molar refractivity (Wildman–Crippen MR) is 50.1 cm³/mol. The fraction of sp³-hybridized carbons (Fsp3) is 0.222. The lowest BCUT2D eigenvalue weighted by Crippen LogP contribution is -1.85. The molecule has 13 heavy (non-hydrogen) atoms. The minimum Gasteiger partial charge on any atom is -0.422 e. The number of anilines is 1. The van der Waals surface area contributed by atoms with Gasteiger partial charge in [0.25, 0.3) is 6.01 Å². The lowest BCUT2D eigenvalue weighted by molar-refractivity contribution is 0.591. The van der Waals surface area contributed by atoms with Crippen molar-refractivity contribution in [2.24, 2.45) is 0 Å². The summed E-state index contributed by atoms with van der Waals surface area (Å²) in [5.74, 6) is 0.741. The molecule has 4 nitrogen and oxygen atoms in total. The van der Waals surface area contributed by atoms with Gasteiger partial charge in [-0.3, -0.25) is 0 Å². The lowest BCUT2D eigenvalue weighted by Gasteiger charge is -1.93. The number of hydrogen-bond acceptors (Lipinski definition) is 3. The Kier molecular flexibility index (Phi) is 1.81. The summed E-state index contributed by atoms with van der Waals surface area (Å²) in [6.45, 7) is 2.02. The van der Waals surface area contributed by atoms with E-state index in [2.05, 4.69) is 9.97 Å². The van der Waals surface area contributed by atoms with Crippen LogP contribution in [0.4, 0.5) is 6.01 Å². The smallest absolute Gasteiger partial charge is 0.292 e. The van der Waals surface area contributed by atoms with Crippen molar-refractivity contribution in [3.8, 4) is 11.5 Å². The van der Waals surface area contributed by atoms with E-state index in [0.29, 0.717) is 0 Å². The van der Waals surface area contributed by atoms with Gasteiger partial charge in [0, 0.05) is 6.20 Å². The van der Waals surface area contributed by atoms with Gasteiger partial charge in [-0.25, -0.2) is 0 Å². The molecule has 4 heteroatoms. The Hall–Kier alpha value is -1.71. The third kappa shape index (κ3) is 1.30. The van der Waals surface area contributed by atoms with Gasteiger partial charge in [-0.2, -0.15) is 4.98 Å². The normalized spacial score (nSPS) is 10.5. The van der Waals surface area contributed by atoms with Gasteiger partial charge in [0.05, 0.1) is 11.4 Å². The molecule has 0 bridgehead atoms. The zero-order valence-corrected chi connectivity index (χ0v) is 7.37. The van der Waals surface area contributed by atoms with Crippen LogP contribution in [0.1, 0.15) is 12.6 Å². The number of rotatable bonds is 2. The summed E-state index contributed by atoms with van der Waals surface area (Å²) in [6.07, 6.45) is 2.66. The number of nitrogens with two attached hydrogens (primary N) is 1. The second-order valence-electron chi connectivity index (χ2n) is 2.77. The van der Waals surface area contributed by atoms with Crippen LogP contribution < -0.4 is 5.73 Å². The van der Waals surface area contributed by atoms with Crippen molar-refractivity contribution < 1.29 is 4.42 Å². The number of aryl methyl sites for hydroxylation is 1. The molecule has 0 aliphatic heterocycles. The van der Waals surface area contributed by atoms with E-state index >= 15 is 0 Å². The standard InChI is InChI=1S/C9H11N3O/c1-2-6-8(13-9(10)12-6)7-4-3-5-11-7/h3-5,11H,2H2,1H3,(H2,10,12). The number of hydrogen-bond donors (Lipinski definition) is 2. The van der Waals surface area contributed by atoms with Crippen molar-refractivity contribution in [2.45, 2.75) is 13.3 Å². The molecule has 2 aromatic heterocycles. The Morgan fingerprint density at radius 1 is 1.62 bits per heavy atom. The molecule has 68 valence electrons. The van der Waals surface area contributed by atoms with Crippen LogP contribution in [0.15, 0.2) is 22.7 Å². The van der Waals surface area contributed by atoms with Gasteiger partial charge < -0.3 is 15.1 Å². The highest BCUT2D eigenvalue weighted by Gasteiger charge is 2.11.